The van der Waals surface area contributed by atoms with Gasteiger partial charge in [0.25, 0.3) is 0 Å². The Kier molecular flexibility index (Phi) is 7.40. The van der Waals surface area contributed by atoms with Crippen LogP contribution in [0, 0.1) is 5.92 Å². The van der Waals surface area contributed by atoms with Crippen molar-refractivity contribution in [3.8, 4) is 0 Å². The number of ketones is 1. The van der Waals surface area contributed by atoms with E-state index in [0.717, 1.165) is 45.3 Å². The molecule has 1 unspecified atom stereocenters. The highest BCUT2D eigenvalue weighted by Crippen LogP contribution is 2.19. The Balaban J connectivity index is 1.28. The van der Waals surface area contributed by atoms with Crippen molar-refractivity contribution in [2.75, 3.05) is 19.8 Å². The van der Waals surface area contributed by atoms with Crippen molar-refractivity contribution in [3.63, 3.8) is 0 Å². The van der Waals surface area contributed by atoms with E-state index in [4.69, 9.17) is 14.0 Å². The molecule has 0 bridgehead atoms. The first-order valence-corrected chi connectivity index (χ1v) is 9.49. The van der Waals surface area contributed by atoms with Gasteiger partial charge in [-0.3, -0.25) is 4.79 Å². The summed E-state index contributed by atoms with van der Waals surface area (Å²) >= 11 is 0. The molecule has 0 radical (unpaired) electrons. The molecule has 5 heteroatoms. The number of aryl methyl sites for hydroxylation is 1. The van der Waals surface area contributed by atoms with Crippen LogP contribution < -0.4 is 0 Å². The minimum atomic E-state index is 0.0368. The minimum absolute atomic E-state index is 0.0368. The molecular formula is C21H27NO4. The number of aromatic nitrogens is 1. The summed E-state index contributed by atoms with van der Waals surface area (Å²) in [6.07, 6.45) is 5.57. The van der Waals surface area contributed by atoms with Crippen molar-refractivity contribution < 1.29 is 18.8 Å². The third kappa shape index (κ3) is 6.07. The standard InChI is InChI=1S/C21H27NO4/c23-21(10-9-18-11-13-25-15-18)20-14-19(26-22-20)16-24-12-5-4-8-17-6-2-1-3-7-17/h1-3,6-7,14,18H,4-5,8-13,15-16H2. The predicted octanol–water partition coefficient (Wildman–Crippen LogP) is 4.21. The maximum atomic E-state index is 12.2. The average Bonchev–Trinajstić information content (AvgIpc) is 3.35. The van der Waals surface area contributed by atoms with Crippen LogP contribution in [-0.4, -0.2) is 30.8 Å². The molecule has 1 aromatic heterocycles. The first kappa shape index (κ1) is 18.8. The number of hydrogen-bond acceptors (Lipinski definition) is 5. The summed E-state index contributed by atoms with van der Waals surface area (Å²) in [4.78, 5) is 12.2. The Bertz CT molecular complexity index is 662. The number of rotatable bonds is 11. The maximum Gasteiger partial charge on any atom is 0.184 e. The zero-order chi connectivity index (χ0) is 18.0. The number of ether oxygens (including phenoxy) is 2. The van der Waals surface area contributed by atoms with Gasteiger partial charge in [0.05, 0.1) is 0 Å². The zero-order valence-electron chi connectivity index (χ0n) is 15.2. The summed E-state index contributed by atoms with van der Waals surface area (Å²) in [5.74, 6) is 1.15. The van der Waals surface area contributed by atoms with Crippen LogP contribution in [0.4, 0.5) is 0 Å². The number of benzene rings is 1. The van der Waals surface area contributed by atoms with E-state index in [1.54, 1.807) is 6.07 Å². The van der Waals surface area contributed by atoms with Gasteiger partial charge in [0.1, 0.15) is 12.3 Å². The van der Waals surface area contributed by atoms with Crippen LogP contribution in [0.3, 0.4) is 0 Å². The molecule has 2 aromatic rings. The topological polar surface area (TPSA) is 61.6 Å². The number of carbonyl (C=O) groups is 1. The number of hydrogen-bond donors (Lipinski definition) is 0. The smallest absolute Gasteiger partial charge is 0.184 e. The fourth-order valence-corrected chi connectivity index (χ4v) is 3.14. The van der Waals surface area contributed by atoms with Crippen LogP contribution in [0.2, 0.25) is 0 Å². The second-order valence-corrected chi connectivity index (χ2v) is 6.87. The van der Waals surface area contributed by atoms with Gasteiger partial charge in [-0.15, -0.1) is 0 Å². The summed E-state index contributed by atoms with van der Waals surface area (Å²) in [5.41, 5.74) is 1.77. The van der Waals surface area contributed by atoms with Crippen LogP contribution in [0.5, 0.6) is 0 Å². The maximum absolute atomic E-state index is 12.2. The van der Waals surface area contributed by atoms with Crippen LogP contribution in [0.1, 0.15) is 53.9 Å². The Morgan fingerprint density at radius 2 is 2.12 bits per heavy atom. The van der Waals surface area contributed by atoms with Gasteiger partial charge in [-0.25, -0.2) is 0 Å². The fraction of sp³-hybridized carbons (Fsp3) is 0.524. The van der Waals surface area contributed by atoms with Crippen molar-refractivity contribution in [1.29, 1.82) is 0 Å². The van der Waals surface area contributed by atoms with E-state index in [-0.39, 0.29) is 5.78 Å². The Labute approximate surface area is 154 Å². The molecule has 140 valence electrons. The van der Waals surface area contributed by atoms with Gasteiger partial charge in [0.2, 0.25) is 0 Å². The zero-order valence-corrected chi connectivity index (χ0v) is 15.2. The van der Waals surface area contributed by atoms with E-state index < -0.39 is 0 Å². The lowest BCUT2D eigenvalue weighted by Crippen LogP contribution is -2.05. The quantitative estimate of drug-likeness (QED) is 0.445. The van der Waals surface area contributed by atoms with E-state index in [0.29, 0.717) is 37.0 Å². The van der Waals surface area contributed by atoms with Crippen molar-refractivity contribution in [2.45, 2.75) is 45.1 Å². The number of carbonyl (C=O) groups excluding carboxylic acids is 1. The van der Waals surface area contributed by atoms with Crippen molar-refractivity contribution >= 4 is 5.78 Å². The van der Waals surface area contributed by atoms with Crippen LogP contribution >= 0.6 is 0 Å². The lowest BCUT2D eigenvalue weighted by Gasteiger charge is -2.04. The molecule has 1 fully saturated rings. The first-order chi connectivity index (χ1) is 12.8. The fourth-order valence-electron chi connectivity index (χ4n) is 3.14. The van der Waals surface area contributed by atoms with Crippen molar-refractivity contribution in [2.24, 2.45) is 5.92 Å². The van der Waals surface area contributed by atoms with Gasteiger partial charge in [-0.05, 0) is 43.6 Å². The molecule has 0 aliphatic carbocycles. The van der Waals surface area contributed by atoms with E-state index in [9.17, 15) is 4.79 Å². The van der Waals surface area contributed by atoms with Gasteiger partial charge in [-0.2, -0.15) is 0 Å². The molecular weight excluding hydrogens is 330 g/mol. The highest BCUT2D eigenvalue weighted by Gasteiger charge is 2.19. The molecule has 26 heavy (non-hydrogen) atoms. The van der Waals surface area contributed by atoms with Crippen LogP contribution in [0.15, 0.2) is 40.9 Å². The molecule has 0 saturated carbocycles. The molecule has 0 N–H and O–H groups in total. The second-order valence-electron chi connectivity index (χ2n) is 6.87. The van der Waals surface area contributed by atoms with Crippen LogP contribution in [0.25, 0.3) is 0 Å². The molecule has 2 heterocycles. The van der Waals surface area contributed by atoms with Crippen LogP contribution in [-0.2, 0) is 22.5 Å². The highest BCUT2D eigenvalue weighted by molar-refractivity contribution is 5.94. The molecule has 0 amide bonds. The van der Waals surface area contributed by atoms with E-state index in [1.165, 1.54) is 5.56 Å². The largest absolute Gasteiger partial charge is 0.381 e. The highest BCUT2D eigenvalue weighted by atomic mass is 16.5. The molecule has 0 spiro atoms. The van der Waals surface area contributed by atoms with E-state index in [1.807, 2.05) is 6.07 Å². The lowest BCUT2D eigenvalue weighted by atomic mass is 10.00. The molecule has 5 nitrogen and oxygen atoms in total. The Morgan fingerprint density at radius 3 is 2.92 bits per heavy atom. The molecule has 3 rings (SSSR count). The Hall–Kier alpha value is -1.98. The minimum Gasteiger partial charge on any atom is -0.381 e. The number of nitrogens with zero attached hydrogens (tertiary/aromatic N) is 1. The first-order valence-electron chi connectivity index (χ1n) is 9.49. The van der Waals surface area contributed by atoms with Gasteiger partial charge in [0.15, 0.2) is 11.5 Å². The molecule has 1 aromatic carbocycles. The van der Waals surface area contributed by atoms with E-state index in [2.05, 4.69) is 29.4 Å². The average molecular weight is 357 g/mol. The third-order valence-electron chi connectivity index (χ3n) is 4.74. The molecule has 1 atom stereocenters. The van der Waals surface area contributed by atoms with E-state index >= 15 is 0 Å². The third-order valence-corrected chi connectivity index (χ3v) is 4.74. The molecule has 1 aliphatic heterocycles. The monoisotopic (exact) mass is 357 g/mol. The SMILES string of the molecule is O=C(CCC1CCOC1)c1cc(COCCCCc2ccccc2)on1. The second kappa shape index (κ2) is 10.2. The van der Waals surface area contributed by atoms with Gasteiger partial charge < -0.3 is 14.0 Å². The van der Waals surface area contributed by atoms with Gasteiger partial charge in [-0.1, -0.05) is 35.5 Å². The number of Topliss-reactive ketones (excluding diaryl/α,β-unsaturated/α-hetero) is 1. The summed E-state index contributed by atoms with van der Waals surface area (Å²) < 4.78 is 16.2. The lowest BCUT2D eigenvalue weighted by molar-refractivity contribution is 0.0948. The van der Waals surface area contributed by atoms with Crippen molar-refractivity contribution in [1.82, 2.24) is 5.16 Å². The predicted molar refractivity (Wildman–Crippen MR) is 98.0 cm³/mol. The molecule has 1 aliphatic rings. The summed E-state index contributed by atoms with van der Waals surface area (Å²) in [6, 6.07) is 12.2. The summed E-state index contributed by atoms with van der Waals surface area (Å²) in [6.45, 7) is 2.63. The number of unbranched alkanes of at least 4 members (excludes halogenated alkanes) is 1. The summed E-state index contributed by atoms with van der Waals surface area (Å²) in [5, 5.41) is 3.88. The van der Waals surface area contributed by atoms with Gasteiger partial charge in [0, 0.05) is 32.3 Å². The Morgan fingerprint density at radius 1 is 1.23 bits per heavy atom. The van der Waals surface area contributed by atoms with Crippen molar-refractivity contribution in [3.05, 3.63) is 53.4 Å². The summed E-state index contributed by atoms with van der Waals surface area (Å²) in [7, 11) is 0. The normalized spacial score (nSPS) is 16.8. The molecule has 1 saturated heterocycles. The van der Waals surface area contributed by atoms with Gasteiger partial charge >= 0.3 is 0 Å².